The molecule has 0 aromatic carbocycles. The Hall–Kier alpha value is -1.16. The van der Waals surface area contributed by atoms with Crippen molar-refractivity contribution in [3.63, 3.8) is 0 Å². The molecule has 4 rings (SSSR count). The topological polar surface area (TPSA) is 37.8 Å². The Morgan fingerprint density at radius 1 is 1.10 bits per heavy atom. The lowest BCUT2D eigenvalue weighted by atomic mass is 9.97. The first kappa shape index (κ1) is 13.5. The highest BCUT2D eigenvalue weighted by Gasteiger charge is 2.25. The fourth-order valence-corrected chi connectivity index (χ4v) is 5.10. The lowest BCUT2D eigenvalue weighted by Gasteiger charge is -2.14. The van der Waals surface area contributed by atoms with Crippen molar-refractivity contribution < 1.29 is 0 Å². The van der Waals surface area contributed by atoms with Crippen molar-refractivity contribution in [1.29, 1.82) is 0 Å². The van der Waals surface area contributed by atoms with Gasteiger partial charge in [-0.1, -0.05) is 12.8 Å². The summed E-state index contributed by atoms with van der Waals surface area (Å²) in [6, 6.07) is 0. The van der Waals surface area contributed by atoms with Crippen molar-refractivity contribution in [3.8, 4) is 0 Å². The summed E-state index contributed by atoms with van der Waals surface area (Å²) in [6.07, 6.45) is 10.3. The van der Waals surface area contributed by atoms with Crippen molar-refractivity contribution in [2.75, 3.05) is 11.9 Å². The number of nitrogens with zero attached hydrogens (tertiary/aromatic N) is 2. The predicted molar refractivity (Wildman–Crippen MR) is 89.4 cm³/mol. The maximum atomic E-state index is 4.97. The lowest BCUT2D eigenvalue weighted by Crippen LogP contribution is -2.07. The molecule has 0 aliphatic heterocycles. The summed E-state index contributed by atoms with van der Waals surface area (Å²) in [5.41, 5.74) is 1.54. The lowest BCUT2D eigenvalue weighted by molar-refractivity contribution is 0.673. The highest BCUT2D eigenvalue weighted by molar-refractivity contribution is 7.19. The van der Waals surface area contributed by atoms with Gasteiger partial charge in [-0.2, -0.15) is 0 Å². The van der Waals surface area contributed by atoms with Gasteiger partial charge in [0, 0.05) is 17.3 Å². The summed E-state index contributed by atoms with van der Waals surface area (Å²) in [4.78, 5) is 12.7. The largest absolute Gasteiger partial charge is 0.370 e. The van der Waals surface area contributed by atoms with Crippen LogP contribution in [0.2, 0.25) is 0 Å². The SMILES string of the molecule is CCNc1nc(C2CCCC2)nc2sc3c(c12)CCCC3. The quantitative estimate of drug-likeness (QED) is 0.896. The number of aromatic nitrogens is 2. The van der Waals surface area contributed by atoms with E-state index in [0.717, 1.165) is 18.2 Å². The molecule has 0 bridgehead atoms. The van der Waals surface area contributed by atoms with Gasteiger partial charge in [-0.15, -0.1) is 11.3 Å². The standard InChI is InChI=1S/C17H23N3S/c1-2-18-16-14-12-9-5-6-10-13(12)21-17(14)20-15(19-16)11-7-3-4-8-11/h11H,2-10H2,1H3,(H,18,19,20). The molecule has 1 saturated carbocycles. The van der Waals surface area contributed by atoms with E-state index in [-0.39, 0.29) is 0 Å². The van der Waals surface area contributed by atoms with Crippen LogP contribution in [0.25, 0.3) is 10.2 Å². The van der Waals surface area contributed by atoms with Gasteiger partial charge >= 0.3 is 0 Å². The Bertz CT molecular complexity index is 656. The normalized spacial score (nSPS) is 19.1. The molecule has 0 unspecified atom stereocenters. The van der Waals surface area contributed by atoms with Gasteiger partial charge in [-0.05, 0) is 51.0 Å². The third kappa shape index (κ3) is 2.33. The van der Waals surface area contributed by atoms with E-state index < -0.39 is 0 Å². The maximum Gasteiger partial charge on any atom is 0.138 e. The molecule has 1 fully saturated rings. The van der Waals surface area contributed by atoms with Gasteiger partial charge < -0.3 is 5.32 Å². The molecule has 21 heavy (non-hydrogen) atoms. The van der Waals surface area contributed by atoms with E-state index in [2.05, 4.69) is 12.2 Å². The van der Waals surface area contributed by atoms with Crippen molar-refractivity contribution in [1.82, 2.24) is 9.97 Å². The molecule has 1 N–H and O–H groups in total. The van der Waals surface area contributed by atoms with E-state index in [1.807, 2.05) is 11.3 Å². The van der Waals surface area contributed by atoms with Gasteiger partial charge in [-0.25, -0.2) is 9.97 Å². The number of aryl methyl sites for hydroxylation is 2. The van der Waals surface area contributed by atoms with E-state index in [1.54, 1.807) is 4.88 Å². The highest BCUT2D eigenvalue weighted by atomic mass is 32.1. The van der Waals surface area contributed by atoms with Crippen molar-refractivity contribution in [2.24, 2.45) is 0 Å². The van der Waals surface area contributed by atoms with E-state index in [4.69, 9.17) is 9.97 Å². The summed E-state index contributed by atoms with van der Waals surface area (Å²) in [6.45, 7) is 3.09. The van der Waals surface area contributed by atoms with Crippen LogP contribution in [0.3, 0.4) is 0 Å². The number of nitrogens with one attached hydrogen (secondary N) is 1. The minimum absolute atomic E-state index is 0.589. The molecular formula is C17H23N3S. The molecular weight excluding hydrogens is 278 g/mol. The predicted octanol–water partition coefficient (Wildman–Crippen LogP) is 4.66. The van der Waals surface area contributed by atoms with Crippen LogP contribution in [-0.2, 0) is 12.8 Å². The molecule has 0 radical (unpaired) electrons. The number of thiophene rings is 1. The molecule has 2 aliphatic rings. The van der Waals surface area contributed by atoms with Crippen LogP contribution < -0.4 is 5.32 Å². The van der Waals surface area contributed by atoms with Crippen molar-refractivity contribution in [3.05, 3.63) is 16.3 Å². The first-order valence-corrected chi connectivity index (χ1v) is 9.24. The second kappa shape index (κ2) is 5.56. The molecule has 112 valence electrons. The van der Waals surface area contributed by atoms with Gasteiger partial charge in [0.1, 0.15) is 16.5 Å². The summed E-state index contributed by atoms with van der Waals surface area (Å²) in [5, 5.41) is 4.84. The zero-order valence-electron chi connectivity index (χ0n) is 12.7. The summed E-state index contributed by atoms with van der Waals surface area (Å²) in [7, 11) is 0. The number of hydrogen-bond donors (Lipinski definition) is 1. The number of anilines is 1. The summed E-state index contributed by atoms with van der Waals surface area (Å²) in [5.74, 6) is 2.78. The number of fused-ring (bicyclic) bond motifs is 3. The second-order valence-electron chi connectivity index (χ2n) is 6.33. The molecule has 0 spiro atoms. The maximum absolute atomic E-state index is 4.97. The van der Waals surface area contributed by atoms with E-state index in [0.29, 0.717) is 5.92 Å². The molecule has 0 amide bonds. The average Bonchev–Trinajstić information content (AvgIpc) is 3.14. The molecule has 0 atom stereocenters. The van der Waals surface area contributed by atoms with E-state index in [1.165, 1.54) is 67.1 Å². The van der Waals surface area contributed by atoms with Crippen molar-refractivity contribution >= 4 is 27.4 Å². The first-order valence-electron chi connectivity index (χ1n) is 8.43. The third-order valence-electron chi connectivity index (χ3n) is 4.90. The molecule has 2 aromatic heterocycles. The average molecular weight is 301 g/mol. The Morgan fingerprint density at radius 2 is 1.90 bits per heavy atom. The van der Waals surface area contributed by atoms with Gasteiger partial charge in [0.05, 0.1) is 5.39 Å². The zero-order chi connectivity index (χ0) is 14.2. The molecule has 4 heteroatoms. The zero-order valence-corrected chi connectivity index (χ0v) is 13.6. The van der Waals surface area contributed by atoms with E-state index in [9.17, 15) is 0 Å². The smallest absolute Gasteiger partial charge is 0.138 e. The summed E-state index contributed by atoms with van der Waals surface area (Å²) >= 11 is 1.92. The molecule has 2 heterocycles. The fourth-order valence-electron chi connectivity index (χ4n) is 3.84. The van der Waals surface area contributed by atoms with Crippen LogP contribution in [0.4, 0.5) is 5.82 Å². The van der Waals surface area contributed by atoms with Crippen LogP contribution in [-0.4, -0.2) is 16.5 Å². The van der Waals surface area contributed by atoms with Gasteiger partial charge in [0.2, 0.25) is 0 Å². The van der Waals surface area contributed by atoms with Gasteiger partial charge in [0.15, 0.2) is 0 Å². The number of rotatable bonds is 3. The molecule has 2 aliphatic carbocycles. The van der Waals surface area contributed by atoms with Crippen LogP contribution >= 0.6 is 11.3 Å². The molecule has 0 saturated heterocycles. The minimum atomic E-state index is 0.589. The Kier molecular flexibility index (Phi) is 3.57. The van der Waals surface area contributed by atoms with Crippen LogP contribution in [0.15, 0.2) is 0 Å². The fraction of sp³-hybridized carbons (Fsp3) is 0.647. The monoisotopic (exact) mass is 301 g/mol. The highest BCUT2D eigenvalue weighted by Crippen LogP contribution is 2.40. The van der Waals surface area contributed by atoms with Crippen molar-refractivity contribution in [2.45, 2.75) is 64.2 Å². The Labute approximate surface area is 130 Å². The minimum Gasteiger partial charge on any atom is -0.370 e. The molecule has 2 aromatic rings. The van der Waals surface area contributed by atoms with Gasteiger partial charge in [0.25, 0.3) is 0 Å². The molecule has 3 nitrogen and oxygen atoms in total. The first-order chi connectivity index (χ1) is 10.4. The Morgan fingerprint density at radius 3 is 2.71 bits per heavy atom. The summed E-state index contributed by atoms with van der Waals surface area (Å²) < 4.78 is 0. The van der Waals surface area contributed by atoms with Gasteiger partial charge in [-0.3, -0.25) is 0 Å². The van der Waals surface area contributed by atoms with Crippen LogP contribution in [0.1, 0.15) is 67.6 Å². The third-order valence-corrected chi connectivity index (χ3v) is 6.08. The van der Waals surface area contributed by atoms with Crippen LogP contribution in [0, 0.1) is 0 Å². The van der Waals surface area contributed by atoms with Crippen LogP contribution in [0.5, 0.6) is 0 Å². The Balaban J connectivity index is 1.87. The van der Waals surface area contributed by atoms with E-state index >= 15 is 0 Å². The number of hydrogen-bond acceptors (Lipinski definition) is 4. The second-order valence-corrected chi connectivity index (χ2v) is 7.42.